The fourth-order valence-electron chi connectivity index (χ4n) is 2.12. The van der Waals surface area contributed by atoms with Crippen molar-refractivity contribution in [3.8, 4) is 5.75 Å². The third kappa shape index (κ3) is 3.58. The molecular weight excluding hydrogens is 280 g/mol. The van der Waals surface area contributed by atoms with E-state index in [2.05, 4.69) is 29.0 Å². The highest BCUT2D eigenvalue weighted by atomic mass is 32.2. The van der Waals surface area contributed by atoms with E-state index in [9.17, 15) is 0 Å². The van der Waals surface area contributed by atoms with E-state index in [-0.39, 0.29) is 0 Å². The fraction of sp³-hybridized carbons (Fsp3) is 0.235. The Morgan fingerprint density at radius 3 is 2.67 bits per heavy atom. The number of thioether (sulfide) groups is 1. The average molecular weight is 298 g/mol. The van der Waals surface area contributed by atoms with Crippen LogP contribution in [0.5, 0.6) is 5.75 Å². The van der Waals surface area contributed by atoms with E-state index in [1.807, 2.05) is 36.4 Å². The molecule has 4 heteroatoms. The molecule has 21 heavy (non-hydrogen) atoms. The van der Waals surface area contributed by atoms with Gasteiger partial charge in [0, 0.05) is 5.75 Å². The minimum atomic E-state index is 0.674. The van der Waals surface area contributed by atoms with Crippen LogP contribution in [0.1, 0.15) is 12.5 Å². The number of nitrogens with zero attached hydrogens (tertiary/aromatic N) is 1. The first-order valence-corrected chi connectivity index (χ1v) is 8.13. The molecule has 1 N–H and O–H groups in total. The summed E-state index contributed by atoms with van der Waals surface area (Å²) in [5.41, 5.74) is 3.42. The molecule has 0 unspecified atom stereocenters. The van der Waals surface area contributed by atoms with Crippen LogP contribution in [0.2, 0.25) is 0 Å². The number of aromatic nitrogens is 2. The maximum absolute atomic E-state index is 5.74. The van der Waals surface area contributed by atoms with E-state index in [4.69, 9.17) is 4.74 Å². The van der Waals surface area contributed by atoms with Crippen LogP contribution >= 0.6 is 11.8 Å². The van der Waals surface area contributed by atoms with Crippen LogP contribution in [-0.2, 0) is 6.42 Å². The van der Waals surface area contributed by atoms with E-state index in [0.29, 0.717) is 6.61 Å². The van der Waals surface area contributed by atoms with Gasteiger partial charge in [-0.05, 0) is 36.2 Å². The van der Waals surface area contributed by atoms with Crippen LogP contribution in [0, 0.1) is 0 Å². The van der Waals surface area contributed by atoms with Gasteiger partial charge in [-0.25, -0.2) is 4.98 Å². The largest absolute Gasteiger partial charge is 0.493 e. The summed E-state index contributed by atoms with van der Waals surface area (Å²) >= 11 is 1.68. The first-order chi connectivity index (χ1) is 10.3. The predicted octanol–water partition coefficient (Wildman–Crippen LogP) is 4.30. The predicted molar refractivity (Wildman–Crippen MR) is 88.1 cm³/mol. The molecule has 108 valence electrons. The lowest BCUT2D eigenvalue weighted by atomic mass is 10.2. The summed E-state index contributed by atoms with van der Waals surface area (Å²) in [6.07, 6.45) is 1.06. The van der Waals surface area contributed by atoms with E-state index in [1.165, 1.54) is 5.56 Å². The summed E-state index contributed by atoms with van der Waals surface area (Å²) in [7, 11) is 0. The number of imidazole rings is 1. The Balaban J connectivity index is 1.49. The number of rotatable bonds is 6. The van der Waals surface area contributed by atoms with Crippen LogP contribution in [-0.4, -0.2) is 22.3 Å². The number of aromatic amines is 1. The lowest BCUT2D eigenvalue weighted by molar-refractivity contribution is 0.344. The number of benzene rings is 2. The average Bonchev–Trinajstić information content (AvgIpc) is 2.95. The molecule has 0 atom stereocenters. The van der Waals surface area contributed by atoms with Gasteiger partial charge in [0.15, 0.2) is 5.16 Å². The molecule has 1 heterocycles. The summed E-state index contributed by atoms with van der Waals surface area (Å²) in [5.74, 6) is 1.80. The Morgan fingerprint density at radius 2 is 1.90 bits per heavy atom. The molecule has 0 amide bonds. The Morgan fingerprint density at radius 1 is 1.10 bits per heavy atom. The number of nitrogens with one attached hydrogen (secondary N) is 1. The van der Waals surface area contributed by atoms with Crippen molar-refractivity contribution >= 4 is 22.8 Å². The first-order valence-electron chi connectivity index (χ1n) is 7.14. The van der Waals surface area contributed by atoms with Gasteiger partial charge in [0.05, 0.1) is 17.6 Å². The SMILES string of the molecule is CCc1ccc(OCCSc2nc3ccccc3[nH]2)cc1. The number of H-pyrrole nitrogens is 1. The molecule has 3 nitrogen and oxygen atoms in total. The molecule has 0 saturated carbocycles. The summed E-state index contributed by atoms with van der Waals surface area (Å²) in [6, 6.07) is 16.4. The van der Waals surface area contributed by atoms with Gasteiger partial charge in [-0.3, -0.25) is 0 Å². The molecule has 3 rings (SSSR count). The zero-order valence-electron chi connectivity index (χ0n) is 12.0. The maximum atomic E-state index is 5.74. The third-order valence-corrected chi connectivity index (χ3v) is 4.13. The van der Waals surface area contributed by atoms with Crippen molar-refractivity contribution < 1.29 is 4.74 Å². The van der Waals surface area contributed by atoms with Gasteiger partial charge in [0.25, 0.3) is 0 Å². The van der Waals surface area contributed by atoms with E-state index in [0.717, 1.165) is 34.1 Å². The Bertz CT molecular complexity index is 673. The molecular formula is C17H18N2OS. The highest BCUT2D eigenvalue weighted by Gasteiger charge is 2.02. The molecule has 0 radical (unpaired) electrons. The smallest absolute Gasteiger partial charge is 0.166 e. The molecule has 0 spiro atoms. The van der Waals surface area contributed by atoms with Crippen molar-refractivity contribution in [1.29, 1.82) is 0 Å². The lowest BCUT2D eigenvalue weighted by Gasteiger charge is -2.05. The van der Waals surface area contributed by atoms with Gasteiger partial charge >= 0.3 is 0 Å². The highest BCUT2D eigenvalue weighted by molar-refractivity contribution is 7.99. The minimum Gasteiger partial charge on any atom is -0.493 e. The van der Waals surface area contributed by atoms with E-state index >= 15 is 0 Å². The highest BCUT2D eigenvalue weighted by Crippen LogP contribution is 2.19. The molecule has 1 aromatic heterocycles. The maximum Gasteiger partial charge on any atom is 0.166 e. The van der Waals surface area contributed by atoms with Gasteiger partial charge in [-0.2, -0.15) is 0 Å². The Hall–Kier alpha value is -1.94. The number of hydrogen-bond acceptors (Lipinski definition) is 3. The number of para-hydroxylation sites is 2. The molecule has 0 fully saturated rings. The number of hydrogen-bond donors (Lipinski definition) is 1. The van der Waals surface area contributed by atoms with Crippen LogP contribution in [0.4, 0.5) is 0 Å². The van der Waals surface area contributed by atoms with Gasteiger partial charge < -0.3 is 9.72 Å². The Labute approximate surface area is 128 Å². The molecule has 0 aliphatic rings. The fourth-order valence-corrected chi connectivity index (χ4v) is 2.82. The number of ether oxygens (including phenoxy) is 1. The lowest BCUT2D eigenvalue weighted by Crippen LogP contribution is -2.00. The van der Waals surface area contributed by atoms with Crippen LogP contribution < -0.4 is 4.74 Å². The van der Waals surface area contributed by atoms with Crippen LogP contribution in [0.15, 0.2) is 53.7 Å². The summed E-state index contributed by atoms with van der Waals surface area (Å²) in [4.78, 5) is 7.84. The van der Waals surface area contributed by atoms with E-state index < -0.39 is 0 Å². The van der Waals surface area contributed by atoms with Crippen molar-refractivity contribution in [1.82, 2.24) is 9.97 Å². The van der Waals surface area contributed by atoms with Crippen molar-refractivity contribution in [3.05, 3.63) is 54.1 Å². The van der Waals surface area contributed by atoms with Crippen molar-refractivity contribution in [3.63, 3.8) is 0 Å². The van der Waals surface area contributed by atoms with E-state index in [1.54, 1.807) is 11.8 Å². The van der Waals surface area contributed by atoms with Gasteiger partial charge in [0.2, 0.25) is 0 Å². The summed E-state index contributed by atoms with van der Waals surface area (Å²) < 4.78 is 5.74. The van der Waals surface area contributed by atoms with Gasteiger partial charge in [0.1, 0.15) is 5.75 Å². The minimum absolute atomic E-state index is 0.674. The standard InChI is InChI=1S/C17H18N2OS/c1-2-13-7-9-14(10-8-13)20-11-12-21-17-18-15-5-3-4-6-16(15)19-17/h3-10H,2,11-12H2,1H3,(H,18,19). The normalized spacial score (nSPS) is 10.9. The number of aryl methyl sites for hydroxylation is 1. The summed E-state index contributed by atoms with van der Waals surface area (Å²) in [6.45, 7) is 2.83. The Kier molecular flexibility index (Phi) is 4.46. The van der Waals surface area contributed by atoms with Crippen molar-refractivity contribution in [2.45, 2.75) is 18.5 Å². The topological polar surface area (TPSA) is 37.9 Å². The second-order valence-corrected chi connectivity index (χ2v) is 5.84. The van der Waals surface area contributed by atoms with Gasteiger partial charge in [-0.1, -0.05) is 43.0 Å². The second-order valence-electron chi connectivity index (χ2n) is 4.75. The molecule has 0 aliphatic heterocycles. The molecule has 0 saturated heterocycles. The summed E-state index contributed by atoms with van der Waals surface area (Å²) in [5, 5.41) is 0.945. The molecule has 2 aromatic carbocycles. The van der Waals surface area contributed by atoms with Crippen LogP contribution in [0.3, 0.4) is 0 Å². The second kappa shape index (κ2) is 6.68. The van der Waals surface area contributed by atoms with Gasteiger partial charge in [-0.15, -0.1) is 0 Å². The number of fused-ring (bicyclic) bond motifs is 1. The van der Waals surface area contributed by atoms with Crippen molar-refractivity contribution in [2.75, 3.05) is 12.4 Å². The molecule has 0 bridgehead atoms. The third-order valence-electron chi connectivity index (χ3n) is 3.29. The monoisotopic (exact) mass is 298 g/mol. The van der Waals surface area contributed by atoms with Crippen LogP contribution in [0.25, 0.3) is 11.0 Å². The van der Waals surface area contributed by atoms with Crippen molar-refractivity contribution in [2.24, 2.45) is 0 Å². The molecule has 0 aliphatic carbocycles. The first kappa shape index (κ1) is 14.0. The zero-order valence-corrected chi connectivity index (χ0v) is 12.8. The zero-order chi connectivity index (χ0) is 14.5. The molecule has 3 aromatic rings. The quantitative estimate of drug-likeness (QED) is 0.545.